The van der Waals surface area contributed by atoms with E-state index in [2.05, 4.69) is 0 Å². The predicted octanol–water partition coefficient (Wildman–Crippen LogP) is 2.75. The van der Waals surface area contributed by atoms with Crippen LogP contribution >= 0.6 is 0 Å². The maximum Gasteiger partial charge on any atom is 0.337 e. The number of carbonyl (C=O) groups is 2. The second kappa shape index (κ2) is 6.87. The molecule has 0 amide bonds. The first-order valence-corrected chi connectivity index (χ1v) is 6.82. The molecular formula is C17H17NO4. The third kappa shape index (κ3) is 3.51. The Bertz CT molecular complexity index is 682. The highest BCUT2D eigenvalue weighted by atomic mass is 16.5. The minimum atomic E-state index is -1.16. The lowest BCUT2D eigenvalue weighted by Gasteiger charge is -2.14. The van der Waals surface area contributed by atoms with Crippen molar-refractivity contribution in [3.8, 4) is 0 Å². The number of anilines is 1. The Labute approximate surface area is 128 Å². The number of rotatable bonds is 6. The molecule has 3 N–H and O–H groups in total. The van der Waals surface area contributed by atoms with Crippen molar-refractivity contribution in [3.05, 3.63) is 65.2 Å². The molecule has 0 aromatic heterocycles. The molecule has 0 aliphatic heterocycles. The lowest BCUT2D eigenvalue weighted by atomic mass is 10.0. The van der Waals surface area contributed by atoms with Crippen molar-refractivity contribution in [2.24, 2.45) is 0 Å². The Hall–Kier alpha value is -2.66. The van der Waals surface area contributed by atoms with Crippen molar-refractivity contribution in [3.63, 3.8) is 0 Å². The van der Waals surface area contributed by atoms with E-state index in [4.69, 9.17) is 15.6 Å². The summed E-state index contributed by atoms with van der Waals surface area (Å²) in [6.07, 6.45) is -0.716. The number of Topliss-reactive ketones (excluding diaryl/α,β-unsaturated/α-hetero) is 1. The molecule has 0 aliphatic rings. The van der Waals surface area contributed by atoms with Crippen molar-refractivity contribution in [1.29, 1.82) is 0 Å². The molecule has 1 atom stereocenters. The number of aromatic carboxylic acids is 1. The Balaban J connectivity index is 2.11. The molecule has 5 heteroatoms. The molecule has 22 heavy (non-hydrogen) atoms. The lowest BCUT2D eigenvalue weighted by molar-refractivity contribution is 0.0413. The smallest absolute Gasteiger partial charge is 0.337 e. The van der Waals surface area contributed by atoms with Gasteiger partial charge in [-0.25, -0.2) is 4.79 Å². The fourth-order valence-corrected chi connectivity index (χ4v) is 2.06. The maximum atomic E-state index is 12.4. The van der Waals surface area contributed by atoms with Gasteiger partial charge in [0.25, 0.3) is 0 Å². The van der Waals surface area contributed by atoms with E-state index in [0.29, 0.717) is 6.61 Å². The SMILES string of the molecule is CC(OCc1ccccc1)C(=O)c1cccc(C(=O)O)c1N. The molecule has 0 fully saturated rings. The van der Waals surface area contributed by atoms with E-state index >= 15 is 0 Å². The molecule has 0 spiro atoms. The van der Waals surface area contributed by atoms with Crippen LogP contribution in [0.5, 0.6) is 0 Å². The van der Waals surface area contributed by atoms with Crippen molar-refractivity contribution in [2.75, 3.05) is 5.73 Å². The van der Waals surface area contributed by atoms with Gasteiger partial charge in [-0.15, -0.1) is 0 Å². The molecule has 2 rings (SSSR count). The fraction of sp³-hybridized carbons (Fsp3) is 0.176. The summed E-state index contributed by atoms with van der Waals surface area (Å²) in [5.41, 5.74) is 6.78. The number of hydrogen-bond donors (Lipinski definition) is 2. The quantitative estimate of drug-likeness (QED) is 0.632. The Kier molecular flexibility index (Phi) is 4.91. The summed E-state index contributed by atoms with van der Waals surface area (Å²) < 4.78 is 5.55. The number of benzene rings is 2. The van der Waals surface area contributed by atoms with Crippen molar-refractivity contribution in [1.82, 2.24) is 0 Å². The van der Waals surface area contributed by atoms with Crippen LogP contribution in [0.25, 0.3) is 0 Å². The zero-order valence-corrected chi connectivity index (χ0v) is 12.2. The van der Waals surface area contributed by atoms with Gasteiger partial charge >= 0.3 is 5.97 Å². The van der Waals surface area contributed by atoms with Crippen LogP contribution in [0.4, 0.5) is 5.69 Å². The lowest BCUT2D eigenvalue weighted by Crippen LogP contribution is -2.22. The molecular weight excluding hydrogens is 282 g/mol. The van der Waals surface area contributed by atoms with Crippen LogP contribution in [-0.4, -0.2) is 23.0 Å². The summed E-state index contributed by atoms with van der Waals surface area (Å²) in [6, 6.07) is 13.8. The molecule has 5 nitrogen and oxygen atoms in total. The number of ketones is 1. The van der Waals surface area contributed by atoms with E-state index in [9.17, 15) is 9.59 Å². The fourth-order valence-electron chi connectivity index (χ4n) is 2.06. The zero-order valence-electron chi connectivity index (χ0n) is 12.2. The largest absolute Gasteiger partial charge is 0.478 e. The van der Waals surface area contributed by atoms with Gasteiger partial charge in [0.15, 0.2) is 5.78 Å². The monoisotopic (exact) mass is 299 g/mol. The van der Waals surface area contributed by atoms with Crippen LogP contribution in [0.3, 0.4) is 0 Å². The Morgan fingerprint density at radius 1 is 1.09 bits per heavy atom. The van der Waals surface area contributed by atoms with Crippen LogP contribution in [0.1, 0.15) is 33.2 Å². The summed E-state index contributed by atoms with van der Waals surface area (Å²) >= 11 is 0. The van der Waals surface area contributed by atoms with E-state index in [-0.39, 0.29) is 22.6 Å². The topological polar surface area (TPSA) is 89.6 Å². The molecule has 0 heterocycles. The standard InChI is InChI=1S/C17H17NO4/c1-11(22-10-12-6-3-2-4-7-12)16(19)13-8-5-9-14(15(13)18)17(20)21/h2-9,11H,10,18H2,1H3,(H,20,21). The van der Waals surface area contributed by atoms with Crippen LogP contribution in [0.15, 0.2) is 48.5 Å². The highest BCUT2D eigenvalue weighted by molar-refractivity contribution is 6.07. The molecule has 0 radical (unpaired) electrons. The summed E-state index contributed by atoms with van der Waals surface area (Å²) in [7, 11) is 0. The van der Waals surface area contributed by atoms with E-state index in [0.717, 1.165) is 5.56 Å². The van der Waals surface area contributed by atoms with Gasteiger partial charge in [-0.3, -0.25) is 4.79 Å². The molecule has 0 aliphatic carbocycles. The molecule has 0 saturated heterocycles. The molecule has 114 valence electrons. The first-order valence-electron chi connectivity index (χ1n) is 6.82. The van der Waals surface area contributed by atoms with Gasteiger partial charge < -0.3 is 15.6 Å². The normalized spacial score (nSPS) is 11.9. The van der Waals surface area contributed by atoms with E-state index in [1.807, 2.05) is 30.3 Å². The van der Waals surface area contributed by atoms with Crippen LogP contribution in [-0.2, 0) is 11.3 Å². The van der Waals surface area contributed by atoms with Gasteiger partial charge in [-0.1, -0.05) is 36.4 Å². The van der Waals surface area contributed by atoms with Gasteiger partial charge in [-0.05, 0) is 24.6 Å². The predicted molar refractivity (Wildman–Crippen MR) is 82.8 cm³/mol. The molecule has 0 saturated carbocycles. The number of ether oxygens (including phenoxy) is 1. The molecule has 2 aromatic carbocycles. The Morgan fingerprint density at radius 2 is 1.73 bits per heavy atom. The first-order chi connectivity index (χ1) is 10.5. The van der Waals surface area contributed by atoms with E-state index < -0.39 is 12.1 Å². The summed E-state index contributed by atoms with van der Waals surface area (Å²) in [5, 5.41) is 9.04. The average Bonchev–Trinajstić information content (AvgIpc) is 2.53. The van der Waals surface area contributed by atoms with Crippen molar-refractivity contribution >= 4 is 17.4 Å². The van der Waals surface area contributed by atoms with Gasteiger partial charge in [0, 0.05) is 5.56 Å². The van der Waals surface area contributed by atoms with Crippen LogP contribution < -0.4 is 5.73 Å². The number of carboxylic acid groups (broad SMARTS) is 1. The van der Waals surface area contributed by atoms with Crippen LogP contribution in [0.2, 0.25) is 0 Å². The maximum absolute atomic E-state index is 12.4. The zero-order chi connectivity index (χ0) is 16.1. The van der Waals surface area contributed by atoms with Gasteiger partial charge in [0.2, 0.25) is 0 Å². The minimum Gasteiger partial charge on any atom is -0.478 e. The Morgan fingerprint density at radius 3 is 2.36 bits per heavy atom. The average molecular weight is 299 g/mol. The van der Waals surface area contributed by atoms with Crippen LogP contribution in [0, 0.1) is 0 Å². The summed E-state index contributed by atoms with van der Waals surface area (Å²) in [5.74, 6) is -1.50. The number of nitrogens with two attached hydrogens (primary N) is 1. The number of carboxylic acids is 1. The van der Waals surface area contributed by atoms with Gasteiger partial charge in [-0.2, -0.15) is 0 Å². The highest BCUT2D eigenvalue weighted by Gasteiger charge is 2.21. The number of nitrogen functional groups attached to an aromatic ring is 1. The molecule has 2 aromatic rings. The third-order valence-electron chi connectivity index (χ3n) is 3.31. The number of hydrogen-bond acceptors (Lipinski definition) is 4. The van der Waals surface area contributed by atoms with Crippen molar-refractivity contribution < 1.29 is 19.4 Å². The van der Waals surface area contributed by atoms with Gasteiger partial charge in [0.1, 0.15) is 6.10 Å². The number of carbonyl (C=O) groups excluding carboxylic acids is 1. The molecule has 0 bridgehead atoms. The highest BCUT2D eigenvalue weighted by Crippen LogP contribution is 2.20. The minimum absolute atomic E-state index is 0.0323. The van der Waals surface area contributed by atoms with Crippen molar-refractivity contribution in [2.45, 2.75) is 19.6 Å². The van der Waals surface area contributed by atoms with E-state index in [1.54, 1.807) is 6.92 Å². The summed E-state index contributed by atoms with van der Waals surface area (Å²) in [4.78, 5) is 23.4. The van der Waals surface area contributed by atoms with E-state index in [1.165, 1.54) is 18.2 Å². The second-order valence-electron chi connectivity index (χ2n) is 4.88. The number of para-hydroxylation sites is 1. The molecule has 1 unspecified atom stereocenters. The summed E-state index contributed by atoms with van der Waals surface area (Å²) in [6.45, 7) is 1.92. The third-order valence-corrected chi connectivity index (χ3v) is 3.31. The second-order valence-corrected chi connectivity index (χ2v) is 4.88. The van der Waals surface area contributed by atoms with Gasteiger partial charge in [0.05, 0.1) is 17.9 Å². The first kappa shape index (κ1) is 15.7.